The fourth-order valence-corrected chi connectivity index (χ4v) is 4.25. The molecular weight excluding hydrogens is 350 g/mol. The van der Waals surface area contributed by atoms with Crippen LogP contribution in [0, 0.1) is 6.92 Å². The predicted octanol–water partition coefficient (Wildman–Crippen LogP) is 4.57. The number of aryl methyl sites for hydroxylation is 1. The maximum atomic E-state index is 13.1. The van der Waals surface area contributed by atoms with Crippen LogP contribution in [0.3, 0.4) is 0 Å². The lowest BCUT2D eigenvalue weighted by Gasteiger charge is -2.31. The minimum absolute atomic E-state index is 0.00548. The van der Waals surface area contributed by atoms with E-state index in [0.29, 0.717) is 12.0 Å². The first-order chi connectivity index (χ1) is 13.5. The summed E-state index contributed by atoms with van der Waals surface area (Å²) in [7, 11) is 1.85. The molecule has 0 aliphatic heterocycles. The molecule has 146 valence electrons. The average Bonchev–Trinajstić information content (AvgIpc) is 3.08. The van der Waals surface area contributed by atoms with Crippen LogP contribution in [0.2, 0.25) is 0 Å². The topological polar surface area (TPSA) is 69.2 Å². The van der Waals surface area contributed by atoms with Gasteiger partial charge < -0.3 is 10.0 Å². The minimum Gasteiger partial charge on any atom is -0.507 e. The van der Waals surface area contributed by atoms with Crippen molar-refractivity contribution in [3.63, 3.8) is 0 Å². The van der Waals surface area contributed by atoms with Gasteiger partial charge in [0.2, 0.25) is 0 Å². The van der Waals surface area contributed by atoms with Gasteiger partial charge in [0, 0.05) is 31.0 Å². The number of benzene rings is 2. The summed E-state index contributed by atoms with van der Waals surface area (Å²) in [5, 5.41) is 18.8. The fourth-order valence-electron chi connectivity index (χ4n) is 4.25. The molecule has 28 heavy (non-hydrogen) atoms. The molecule has 5 heteroatoms. The Kier molecular flexibility index (Phi) is 5.07. The van der Waals surface area contributed by atoms with E-state index in [4.69, 9.17) is 0 Å². The first-order valence-electron chi connectivity index (χ1n) is 10.1. The lowest BCUT2D eigenvalue weighted by atomic mass is 9.94. The van der Waals surface area contributed by atoms with Crippen LogP contribution in [-0.2, 0) is 6.42 Å². The number of phenolic OH excluding ortho intramolecular Hbond substituents is 1. The normalized spacial score (nSPS) is 15.1. The highest BCUT2D eigenvalue weighted by Crippen LogP contribution is 2.30. The predicted molar refractivity (Wildman–Crippen MR) is 111 cm³/mol. The number of aromatic nitrogens is 2. The summed E-state index contributed by atoms with van der Waals surface area (Å²) >= 11 is 0. The van der Waals surface area contributed by atoms with Crippen molar-refractivity contribution >= 4 is 16.8 Å². The van der Waals surface area contributed by atoms with E-state index in [1.165, 1.54) is 17.5 Å². The van der Waals surface area contributed by atoms with E-state index in [9.17, 15) is 9.90 Å². The number of hydrogen-bond donors (Lipinski definition) is 2. The van der Waals surface area contributed by atoms with Gasteiger partial charge in [0.05, 0.1) is 16.8 Å². The summed E-state index contributed by atoms with van der Waals surface area (Å²) in [4.78, 5) is 14.9. The highest BCUT2D eigenvalue weighted by atomic mass is 16.3. The Balaban J connectivity index is 1.65. The molecule has 1 fully saturated rings. The van der Waals surface area contributed by atoms with E-state index in [1.807, 2.05) is 13.1 Å². The summed E-state index contributed by atoms with van der Waals surface area (Å²) in [6.07, 6.45) is 6.32. The molecule has 5 nitrogen and oxygen atoms in total. The first-order valence-corrected chi connectivity index (χ1v) is 10.1. The molecule has 2 aromatic carbocycles. The molecule has 4 rings (SSSR count). The van der Waals surface area contributed by atoms with E-state index in [1.54, 1.807) is 17.0 Å². The Hall–Kier alpha value is -2.82. The Bertz CT molecular complexity index is 1000. The van der Waals surface area contributed by atoms with Gasteiger partial charge in [0.1, 0.15) is 5.75 Å². The van der Waals surface area contributed by atoms with E-state index in [0.717, 1.165) is 42.3 Å². The van der Waals surface area contributed by atoms with Crippen LogP contribution in [0.25, 0.3) is 10.9 Å². The molecule has 0 atom stereocenters. The van der Waals surface area contributed by atoms with Gasteiger partial charge in [0.25, 0.3) is 5.91 Å². The number of nitrogens with one attached hydrogen (secondary N) is 1. The average molecular weight is 377 g/mol. The molecule has 1 saturated carbocycles. The first kappa shape index (κ1) is 18.5. The molecule has 0 radical (unpaired) electrons. The number of hydrogen-bond acceptors (Lipinski definition) is 3. The Morgan fingerprint density at radius 1 is 1.21 bits per heavy atom. The van der Waals surface area contributed by atoms with Gasteiger partial charge in [0.15, 0.2) is 0 Å². The smallest absolute Gasteiger partial charge is 0.257 e. The van der Waals surface area contributed by atoms with Gasteiger partial charge in [-0.25, -0.2) is 0 Å². The van der Waals surface area contributed by atoms with Gasteiger partial charge in [-0.1, -0.05) is 49.1 Å². The van der Waals surface area contributed by atoms with Crippen LogP contribution in [-0.4, -0.2) is 39.2 Å². The third-order valence-electron chi connectivity index (χ3n) is 5.89. The second-order valence-electron chi connectivity index (χ2n) is 7.96. The summed E-state index contributed by atoms with van der Waals surface area (Å²) < 4.78 is 0. The molecule has 3 aromatic rings. The third-order valence-corrected chi connectivity index (χ3v) is 5.89. The lowest BCUT2D eigenvalue weighted by molar-refractivity contribution is 0.0693. The Labute approximate surface area is 165 Å². The zero-order chi connectivity index (χ0) is 19.7. The minimum atomic E-state index is -0.117. The molecular formula is C23H27N3O2. The molecule has 1 heterocycles. The van der Waals surface area contributed by atoms with Crippen molar-refractivity contribution in [1.29, 1.82) is 0 Å². The van der Waals surface area contributed by atoms with Crippen molar-refractivity contribution in [1.82, 2.24) is 15.1 Å². The van der Waals surface area contributed by atoms with Gasteiger partial charge in [-0.15, -0.1) is 0 Å². The van der Waals surface area contributed by atoms with Crippen molar-refractivity contribution in [2.24, 2.45) is 0 Å². The number of H-pyrrole nitrogens is 1. The van der Waals surface area contributed by atoms with Gasteiger partial charge >= 0.3 is 0 Å². The van der Waals surface area contributed by atoms with Gasteiger partial charge in [-0.3, -0.25) is 9.89 Å². The van der Waals surface area contributed by atoms with Crippen molar-refractivity contribution < 1.29 is 9.90 Å². The monoisotopic (exact) mass is 377 g/mol. The molecule has 1 amide bonds. The summed E-state index contributed by atoms with van der Waals surface area (Å²) in [5.41, 5.74) is 4.37. The SMILES string of the molecule is Cc1cccc(Cc2n[nH]c3cc(O)c(C(=O)N(C)C4CCCCC4)cc23)c1. The number of carbonyl (C=O) groups excluding carboxylic acids is 1. The molecule has 1 aliphatic carbocycles. The zero-order valence-corrected chi connectivity index (χ0v) is 16.5. The largest absolute Gasteiger partial charge is 0.507 e. The van der Waals surface area contributed by atoms with Crippen molar-refractivity contribution in [3.8, 4) is 5.75 Å². The number of rotatable bonds is 4. The van der Waals surface area contributed by atoms with Crippen LogP contribution in [0.1, 0.15) is 59.3 Å². The number of carbonyl (C=O) groups is 1. The van der Waals surface area contributed by atoms with Crippen LogP contribution >= 0.6 is 0 Å². The number of amides is 1. The highest BCUT2D eigenvalue weighted by molar-refractivity contribution is 6.01. The molecule has 1 aromatic heterocycles. The summed E-state index contributed by atoms with van der Waals surface area (Å²) in [5.74, 6) is -0.111. The second-order valence-corrected chi connectivity index (χ2v) is 7.96. The lowest BCUT2D eigenvalue weighted by Crippen LogP contribution is -2.38. The van der Waals surface area contributed by atoms with E-state index in [-0.39, 0.29) is 17.7 Å². The number of aromatic amines is 1. The second kappa shape index (κ2) is 7.66. The maximum absolute atomic E-state index is 13.1. The molecule has 0 saturated heterocycles. The molecule has 2 N–H and O–H groups in total. The van der Waals surface area contributed by atoms with Crippen molar-refractivity contribution in [2.75, 3.05) is 7.05 Å². The van der Waals surface area contributed by atoms with Crippen LogP contribution in [0.15, 0.2) is 36.4 Å². The van der Waals surface area contributed by atoms with Crippen molar-refractivity contribution in [3.05, 3.63) is 58.8 Å². The standard InChI is InChI=1S/C23H27N3O2/c1-15-7-6-8-16(11-15)12-20-18-13-19(22(27)14-21(18)25-24-20)23(28)26(2)17-9-4-3-5-10-17/h6-8,11,13-14,17,27H,3-5,9-10,12H2,1-2H3,(H,24,25). The molecule has 0 spiro atoms. The van der Waals surface area contributed by atoms with E-state index in [2.05, 4.69) is 35.3 Å². The number of phenols is 1. The summed E-state index contributed by atoms with van der Waals surface area (Å²) in [6, 6.07) is 12.0. The van der Waals surface area contributed by atoms with Gasteiger partial charge in [-0.05, 0) is 31.4 Å². The molecule has 0 unspecified atom stereocenters. The summed E-state index contributed by atoms with van der Waals surface area (Å²) in [6.45, 7) is 2.07. The third kappa shape index (κ3) is 3.61. The number of nitrogens with zero attached hydrogens (tertiary/aromatic N) is 2. The van der Waals surface area contributed by atoms with Crippen molar-refractivity contribution in [2.45, 2.75) is 51.5 Å². The maximum Gasteiger partial charge on any atom is 0.257 e. The van der Waals surface area contributed by atoms with Gasteiger partial charge in [-0.2, -0.15) is 5.10 Å². The van der Waals surface area contributed by atoms with E-state index < -0.39 is 0 Å². The van der Waals surface area contributed by atoms with Crippen LogP contribution < -0.4 is 0 Å². The fraction of sp³-hybridized carbons (Fsp3) is 0.391. The Morgan fingerprint density at radius 3 is 2.75 bits per heavy atom. The zero-order valence-electron chi connectivity index (χ0n) is 16.5. The number of aromatic hydroxyl groups is 1. The number of fused-ring (bicyclic) bond motifs is 1. The van der Waals surface area contributed by atoms with Crippen LogP contribution in [0.5, 0.6) is 5.75 Å². The van der Waals surface area contributed by atoms with E-state index >= 15 is 0 Å². The molecule has 0 bridgehead atoms. The molecule has 1 aliphatic rings. The van der Waals surface area contributed by atoms with Crippen LogP contribution in [0.4, 0.5) is 0 Å². The Morgan fingerprint density at radius 2 is 2.00 bits per heavy atom. The highest BCUT2D eigenvalue weighted by Gasteiger charge is 2.25. The quantitative estimate of drug-likeness (QED) is 0.700.